The molecule has 3 nitrogen and oxygen atoms in total. The first kappa shape index (κ1) is 18.2. The molecule has 0 aliphatic carbocycles. The lowest BCUT2D eigenvalue weighted by Gasteiger charge is -2.28. The minimum Gasteiger partial charge on any atom is -0.507 e. The summed E-state index contributed by atoms with van der Waals surface area (Å²) in [6.45, 7) is 12.7. The molecular weight excluding hydrogens is 306 g/mol. The largest absolute Gasteiger partial charge is 0.507 e. The standard InChI is InChI=1S/C19H29NO2S/c1-18(2,3)13-8-12(9-14(16(13)21)19(4,5)6)10-15-17(22)20(7)11-23-15/h8-9,15,21H,10-11H2,1-7H3. The van der Waals surface area contributed by atoms with Crippen LogP contribution in [0.3, 0.4) is 0 Å². The van der Waals surface area contributed by atoms with Gasteiger partial charge in [-0.15, -0.1) is 11.8 Å². The minimum absolute atomic E-state index is 0.00909. The molecular formula is C19H29NO2S. The van der Waals surface area contributed by atoms with Crippen LogP contribution in [0, 0.1) is 0 Å². The Morgan fingerprint density at radius 2 is 1.61 bits per heavy atom. The third-order valence-corrected chi connectivity index (χ3v) is 5.63. The summed E-state index contributed by atoms with van der Waals surface area (Å²) in [6, 6.07) is 4.16. The van der Waals surface area contributed by atoms with Crippen molar-refractivity contribution in [3.8, 4) is 5.75 Å². The Kier molecular flexibility index (Phi) is 4.78. The number of amides is 1. The highest BCUT2D eigenvalue weighted by molar-refractivity contribution is 8.01. The maximum atomic E-state index is 12.2. The summed E-state index contributed by atoms with van der Waals surface area (Å²) in [7, 11) is 1.85. The topological polar surface area (TPSA) is 40.5 Å². The van der Waals surface area contributed by atoms with Gasteiger partial charge in [0.05, 0.1) is 11.1 Å². The molecule has 1 saturated heterocycles. The van der Waals surface area contributed by atoms with E-state index in [0.29, 0.717) is 5.75 Å². The number of hydrogen-bond acceptors (Lipinski definition) is 3. The summed E-state index contributed by atoms with van der Waals surface area (Å²) < 4.78 is 0. The first-order valence-corrected chi connectivity index (χ1v) is 9.19. The molecule has 1 aromatic carbocycles. The van der Waals surface area contributed by atoms with Crippen molar-refractivity contribution in [2.45, 2.75) is 64.0 Å². The summed E-state index contributed by atoms with van der Waals surface area (Å²) in [5, 5.41) is 10.7. The molecule has 1 fully saturated rings. The van der Waals surface area contributed by atoms with Gasteiger partial charge in [-0.25, -0.2) is 0 Å². The molecule has 23 heavy (non-hydrogen) atoms. The van der Waals surface area contributed by atoms with Crippen molar-refractivity contribution in [2.75, 3.05) is 12.9 Å². The number of thioether (sulfide) groups is 1. The van der Waals surface area contributed by atoms with E-state index in [1.54, 1.807) is 16.7 Å². The van der Waals surface area contributed by atoms with Gasteiger partial charge in [0.1, 0.15) is 5.75 Å². The Labute approximate surface area is 144 Å². The molecule has 128 valence electrons. The molecule has 0 saturated carbocycles. The van der Waals surface area contributed by atoms with Crippen molar-refractivity contribution in [1.29, 1.82) is 0 Å². The third kappa shape index (κ3) is 3.85. The zero-order chi connectivity index (χ0) is 17.6. The molecule has 1 atom stereocenters. The lowest BCUT2D eigenvalue weighted by atomic mass is 9.78. The Morgan fingerprint density at radius 1 is 1.13 bits per heavy atom. The summed E-state index contributed by atoms with van der Waals surface area (Å²) in [5.41, 5.74) is 2.79. The van der Waals surface area contributed by atoms with Crippen LogP contribution in [0.1, 0.15) is 58.2 Å². The molecule has 1 unspecified atom stereocenters. The van der Waals surface area contributed by atoms with Crippen LogP contribution in [-0.4, -0.2) is 34.1 Å². The van der Waals surface area contributed by atoms with Gasteiger partial charge in [0.25, 0.3) is 0 Å². The maximum absolute atomic E-state index is 12.2. The van der Waals surface area contributed by atoms with Crippen LogP contribution in [0.25, 0.3) is 0 Å². The molecule has 4 heteroatoms. The highest BCUT2D eigenvalue weighted by atomic mass is 32.2. The number of benzene rings is 1. The van der Waals surface area contributed by atoms with Gasteiger partial charge in [-0.1, -0.05) is 53.7 Å². The van der Waals surface area contributed by atoms with Gasteiger partial charge < -0.3 is 10.0 Å². The second-order valence-corrected chi connectivity index (χ2v) is 9.72. The first-order valence-electron chi connectivity index (χ1n) is 8.14. The average Bonchev–Trinajstić information content (AvgIpc) is 2.70. The van der Waals surface area contributed by atoms with Crippen LogP contribution in [0.5, 0.6) is 5.75 Å². The Bertz CT molecular complexity index is 576. The van der Waals surface area contributed by atoms with Crippen LogP contribution >= 0.6 is 11.8 Å². The summed E-state index contributed by atoms with van der Waals surface area (Å²) in [5.74, 6) is 1.37. The predicted octanol–water partition coefficient (Wildman–Crippen LogP) is 4.06. The van der Waals surface area contributed by atoms with Crippen molar-refractivity contribution >= 4 is 17.7 Å². The van der Waals surface area contributed by atoms with E-state index in [9.17, 15) is 9.90 Å². The van der Waals surface area contributed by atoms with E-state index in [0.717, 1.165) is 29.0 Å². The lowest BCUT2D eigenvalue weighted by molar-refractivity contribution is -0.127. The number of hydrogen-bond donors (Lipinski definition) is 1. The first-order chi connectivity index (χ1) is 10.4. The number of nitrogens with zero attached hydrogens (tertiary/aromatic N) is 1. The van der Waals surface area contributed by atoms with Gasteiger partial charge in [-0.3, -0.25) is 4.79 Å². The number of phenols is 1. The molecule has 0 bridgehead atoms. The average molecular weight is 336 g/mol. The normalized spacial score (nSPS) is 19.5. The predicted molar refractivity (Wildman–Crippen MR) is 98.2 cm³/mol. The molecule has 0 radical (unpaired) electrons. The lowest BCUT2D eigenvalue weighted by Crippen LogP contribution is -2.27. The molecule has 1 aliphatic rings. The fourth-order valence-electron chi connectivity index (χ4n) is 2.90. The second kappa shape index (κ2) is 6.04. The monoisotopic (exact) mass is 335 g/mol. The highest BCUT2D eigenvalue weighted by Gasteiger charge is 2.32. The SMILES string of the molecule is CN1CSC(Cc2cc(C(C)(C)C)c(O)c(C(C)(C)C)c2)C1=O. The molecule has 0 spiro atoms. The van der Waals surface area contributed by atoms with E-state index in [1.165, 1.54) is 0 Å². The second-order valence-electron chi connectivity index (χ2n) is 8.56. The van der Waals surface area contributed by atoms with Crippen LogP contribution in [0.4, 0.5) is 0 Å². The van der Waals surface area contributed by atoms with Gasteiger partial charge in [-0.2, -0.15) is 0 Å². The zero-order valence-corrected chi connectivity index (χ0v) is 16.2. The van der Waals surface area contributed by atoms with E-state index in [2.05, 4.69) is 53.7 Å². The Morgan fingerprint density at radius 3 is 1.96 bits per heavy atom. The van der Waals surface area contributed by atoms with Crippen LogP contribution in [0.15, 0.2) is 12.1 Å². The third-order valence-electron chi connectivity index (χ3n) is 4.33. The van der Waals surface area contributed by atoms with Crippen molar-refractivity contribution in [3.05, 3.63) is 28.8 Å². The Balaban J connectivity index is 2.46. The van der Waals surface area contributed by atoms with Crippen molar-refractivity contribution < 1.29 is 9.90 Å². The fraction of sp³-hybridized carbons (Fsp3) is 0.632. The van der Waals surface area contributed by atoms with Gasteiger partial charge in [0, 0.05) is 7.05 Å². The van der Waals surface area contributed by atoms with Crippen LogP contribution in [0.2, 0.25) is 0 Å². The molecule has 2 rings (SSSR count). The highest BCUT2D eigenvalue weighted by Crippen LogP contribution is 2.40. The number of aromatic hydroxyl groups is 1. The van der Waals surface area contributed by atoms with Gasteiger partial charge in [0.15, 0.2) is 0 Å². The molecule has 1 amide bonds. The van der Waals surface area contributed by atoms with E-state index < -0.39 is 0 Å². The number of carbonyl (C=O) groups excluding carboxylic acids is 1. The van der Waals surface area contributed by atoms with E-state index in [1.807, 2.05) is 7.05 Å². The van der Waals surface area contributed by atoms with Crippen molar-refractivity contribution in [1.82, 2.24) is 4.90 Å². The maximum Gasteiger partial charge on any atom is 0.236 e. The van der Waals surface area contributed by atoms with Crippen molar-refractivity contribution in [2.24, 2.45) is 0 Å². The smallest absolute Gasteiger partial charge is 0.236 e. The zero-order valence-electron chi connectivity index (χ0n) is 15.4. The Hall–Kier alpha value is -1.16. The van der Waals surface area contributed by atoms with Crippen LogP contribution in [-0.2, 0) is 22.0 Å². The van der Waals surface area contributed by atoms with E-state index >= 15 is 0 Å². The summed E-state index contributed by atoms with van der Waals surface area (Å²) in [6.07, 6.45) is 0.722. The van der Waals surface area contributed by atoms with Gasteiger partial charge in [0.2, 0.25) is 5.91 Å². The van der Waals surface area contributed by atoms with Gasteiger partial charge >= 0.3 is 0 Å². The quantitative estimate of drug-likeness (QED) is 0.886. The molecule has 1 aromatic rings. The number of carbonyl (C=O) groups is 1. The van der Waals surface area contributed by atoms with E-state index in [-0.39, 0.29) is 22.0 Å². The molecule has 0 aromatic heterocycles. The van der Waals surface area contributed by atoms with Crippen molar-refractivity contribution in [3.63, 3.8) is 0 Å². The van der Waals surface area contributed by atoms with Crippen LogP contribution < -0.4 is 0 Å². The molecule has 1 aliphatic heterocycles. The number of phenolic OH excluding ortho intramolecular Hbond substituents is 1. The number of rotatable bonds is 2. The molecule has 1 heterocycles. The van der Waals surface area contributed by atoms with Gasteiger partial charge in [-0.05, 0) is 33.9 Å². The minimum atomic E-state index is -0.135. The molecule has 1 N–H and O–H groups in total. The summed E-state index contributed by atoms with van der Waals surface area (Å²) >= 11 is 1.70. The van der Waals surface area contributed by atoms with E-state index in [4.69, 9.17) is 0 Å². The fourth-order valence-corrected chi connectivity index (χ4v) is 4.06. The summed E-state index contributed by atoms with van der Waals surface area (Å²) in [4.78, 5) is 14.0.